The Balaban J connectivity index is 2.30. The summed E-state index contributed by atoms with van der Waals surface area (Å²) in [6, 6.07) is 0. The molecule has 0 atom stereocenters. The van der Waals surface area contributed by atoms with Crippen LogP contribution in [-0.4, -0.2) is 34.5 Å². The van der Waals surface area contributed by atoms with Crippen LogP contribution in [-0.2, 0) is 4.74 Å². The number of carbonyl (C=O) groups is 1. The van der Waals surface area contributed by atoms with Crippen molar-refractivity contribution in [3.05, 3.63) is 16.4 Å². The number of carboxylic acid groups (broad SMARTS) is 1. The van der Waals surface area contributed by atoms with Crippen molar-refractivity contribution in [1.82, 2.24) is 10.2 Å². The van der Waals surface area contributed by atoms with Crippen molar-refractivity contribution in [1.29, 1.82) is 0 Å². The van der Waals surface area contributed by atoms with Crippen molar-refractivity contribution < 1.29 is 14.6 Å². The van der Waals surface area contributed by atoms with Gasteiger partial charge in [-0.2, -0.15) is 5.10 Å². The van der Waals surface area contributed by atoms with Gasteiger partial charge in [0.05, 0.1) is 5.69 Å². The van der Waals surface area contributed by atoms with Gasteiger partial charge in [-0.25, -0.2) is 4.79 Å². The normalized spacial score (nSPS) is 17.9. The summed E-state index contributed by atoms with van der Waals surface area (Å²) in [6.45, 7) is 1.31. The van der Waals surface area contributed by atoms with E-state index in [4.69, 9.17) is 21.4 Å². The lowest BCUT2D eigenvalue weighted by molar-refractivity contribution is 0.0685. The number of ether oxygens (including phenoxy) is 1. The van der Waals surface area contributed by atoms with Crippen LogP contribution in [0.5, 0.6) is 0 Å². The number of hydrogen-bond donors (Lipinski definition) is 2. The molecule has 5 nitrogen and oxygen atoms in total. The van der Waals surface area contributed by atoms with E-state index in [0.29, 0.717) is 18.9 Å². The van der Waals surface area contributed by atoms with Crippen LogP contribution in [0.15, 0.2) is 0 Å². The number of halogens is 1. The van der Waals surface area contributed by atoms with Gasteiger partial charge in [0.25, 0.3) is 0 Å². The van der Waals surface area contributed by atoms with Crippen molar-refractivity contribution in [3.8, 4) is 0 Å². The molecule has 0 spiro atoms. The molecule has 0 amide bonds. The van der Waals surface area contributed by atoms with Crippen molar-refractivity contribution in [2.24, 2.45) is 0 Å². The molecule has 2 heterocycles. The number of nitrogens with zero attached hydrogens (tertiary/aromatic N) is 1. The molecule has 1 fully saturated rings. The molecule has 0 aromatic carbocycles. The van der Waals surface area contributed by atoms with E-state index >= 15 is 0 Å². The quantitative estimate of drug-likeness (QED) is 0.810. The van der Waals surface area contributed by atoms with E-state index in [1.165, 1.54) is 0 Å². The predicted octanol–water partition coefficient (Wildman–Crippen LogP) is 1.66. The Morgan fingerprint density at radius 1 is 1.53 bits per heavy atom. The van der Waals surface area contributed by atoms with E-state index in [9.17, 15) is 4.79 Å². The van der Waals surface area contributed by atoms with Crippen LogP contribution in [0.2, 0.25) is 5.15 Å². The van der Waals surface area contributed by atoms with E-state index in [1.807, 2.05) is 0 Å². The van der Waals surface area contributed by atoms with Crippen molar-refractivity contribution in [2.75, 3.05) is 13.2 Å². The van der Waals surface area contributed by atoms with Crippen LogP contribution in [0, 0.1) is 0 Å². The standard InChI is InChI=1S/C9H11ClN2O3/c10-8-6(9(13)14)7(11-12-8)5-1-3-15-4-2-5/h5H,1-4H2,(H,11,12)(H,13,14). The first-order chi connectivity index (χ1) is 7.20. The van der Waals surface area contributed by atoms with Gasteiger partial charge in [0.1, 0.15) is 5.56 Å². The summed E-state index contributed by atoms with van der Waals surface area (Å²) < 4.78 is 5.21. The maximum atomic E-state index is 11.0. The maximum Gasteiger partial charge on any atom is 0.340 e. The van der Waals surface area contributed by atoms with Gasteiger partial charge in [-0.05, 0) is 12.8 Å². The number of H-pyrrole nitrogens is 1. The summed E-state index contributed by atoms with van der Waals surface area (Å²) >= 11 is 5.70. The molecule has 0 saturated carbocycles. The van der Waals surface area contributed by atoms with Gasteiger partial charge < -0.3 is 9.84 Å². The molecule has 1 saturated heterocycles. The number of rotatable bonds is 2. The third kappa shape index (κ3) is 1.98. The van der Waals surface area contributed by atoms with E-state index in [-0.39, 0.29) is 16.6 Å². The SMILES string of the molecule is O=C(O)c1c(Cl)n[nH]c1C1CCOCC1. The largest absolute Gasteiger partial charge is 0.478 e. The highest BCUT2D eigenvalue weighted by Crippen LogP contribution is 2.30. The second-order valence-corrected chi connectivity index (χ2v) is 3.85. The second kappa shape index (κ2) is 4.20. The van der Waals surface area contributed by atoms with E-state index < -0.39 is 5.97 Å². The Bertz CT molecular complexity index is 371. The summed E-state index contributed by atoms with van der Waals surface area (Å²) in [5.41, 5.74) is 0.722. The fourth-order valence-electron chi connectivity index (χ4n) is 1.82. The van der Waals surface area contributed by atoms with Gasteiger partial charge in [-0.1, -0.05) is 11.6 Å². The van der Waals surface area contributed by atoms with Gasteiger partial charge in [-0.3, -0.25) is 5.10 Å². The zero-order chi connectivity index (χ0) is 10.8. The fraction of sp³-hybridized carbons (Fsp3) is 0.556. The molecule has 0 radical (unpaired) electrons. The highest BCUT2D eigenvalue weighted by Gasteiger charge is 2.26. The minimum absolute atomic E-state index is 0.0315. The monoisotopic (exact) mass is 230 g/mol. The minimum atomic E-state index is -1.03. The van der Waals surface area contributed by atoms with Crippen LogP contribution in [0.4, 0.5) is 0 Å². The minimum Gasteiger partial charge on any atom is -0.478 e. The molecule has 0 bridgehead atoms. The lowest BCUT2D eigenvalue weighted by atomic mass is 9.94. The van der Waals surface area contributed by atoms with E-state index in [1.54, 1.807) is 0 Å². The second-order valence-electron chi connectivity index (χ2n) is 3.49. The maximum absolute atomic E-state index is 11.0. The molecule has 0 aliphatic carbocycles. The third-order valence-corrected chi connectivity index (χ3v) is 2.87. The Morgan fingerprint density at radius 3 is 2.80 bits per heavy atom. The number of nitrogens with one attached hydrogen (secondary N) is 1. The fourth-order valence-corrected chi connectivity index (χ4v) is 2.04. The molecule has 15 heavy (non-hydrogen) atoms. The summed E-state index contributed by atoms with van der Waals surface area (Å²) in [5.74, 6) is -0.875. The topological polar surface area (TPSA) is 75.2 Å². The number of hydrogen-bond acceptors (Lipinski definition) is 3. The first-order valence-electron chi connectivity index (χ1n) is 4.75. The van der Waals surface area contributed by atoms with Gasteiger partial charge >= 0.3 is 5.97 Å². The summed E-state index contributed by atoms with van der Waals surface area (Å²) in [7, 11) is 0. The van der Waals surface area contributed by atoms with Crippen molar-refractivity contribution >= 4 is 17.6 Å². The highest BCUT2D eigenvalue weighted by molar-refractivity contribution is 6.32. The summed E-state index contributed by atoms with van der Waals surface area (Å²) in [6.07, 6.45) is 1.61. The molecule has 0 unspecified atom stereocenters. The molecule has 2 N–H and O–H groups in total. The lowest BCUT2D eigenvalue weighted by Crippen LogP contribution is -2.16. The zero-order valence-corrected chi connectivity index (χ0v) is 8.75. The van der Waals surface area contributed by atoms with E-state index in [2.05, 4.69) is 10.2 Å². The summed E-state index contributed by atoms with van der Waals surface area (Å²) in [5, 5.41) is 15.5. The van der Waals surface area contributed by atoms with Gasteiger partial charge in [-0.15, -0.1) is 0 Å². The van der Waals surface area contributed by atoms with Crippen LogP contribution in [0.25, 0.3) is 0 Å². The van der Waals surface area contributed by atoms with Crippen molar-refractivity contribution in [3.63, 3.8) is 0 Å². The Kier molecular flexibility index (Phi) is 2.93. The predicted molar refractivity (Wildman–Crippen MR) is 53.4 cm³/mol. The molecule has 82 valence electrons. The van der Waals surface area contributed by atoms with Gasteiger partial charge in [0.2, 0.25) is 0 Å². The highest BCUT2D eigenvalue weighted by atomic mass is 35.5. The lowest BCUT2D eigenvalue weighted by Gasteiger charge is -2.21. The number of carboxylic acids is 1. The molecule has 1 aromatic rings. The Morgan fingerprint density at radius 2 is 2.20 bits per heavy atom. The molecular weight excluding hydrogens is 220 g/mol. The van der Waals surface area contributed by atoms with E-state index in [0.717, 1.165) is 12.8 Å². The summed E-state index contributed by atoms with van der Waals surface area (Å²) in [4.78, 5) is 11.0. The molecule has 1 aromatic heterocycles. The first kappa shape index (κ1) is 10.4. The van der Waals surface area contributed by atoms with Crippen LogP contribution < -0.4 is 0 Å². The number of aromatic nitrogens is 2. The molecule has 1 aliphatic heterocycles. The average molecular weight is 231 g/mol. The molecular formula is C9H11ClN2O3. The Labute approximate surface area is 91.4 Å². The van der Waals surface area contributed by atoms with Gasteiger partial charge in [0.15, 0.2) is 5.15 Å². The van der Waals surface area contributed by atoms with Crippen LogP contribution in [0.3, 0.4) is 0 Å². The molecule has 1 aliphatic rings. The third-order valence-electron chi connectivity index (χ3n) is 2.59. The van der Waals surface area contributed by atoms with Crippen molar-refractivity contribution in [2.45, 2.75) is 18.8 Å². The van der Waals surface area contributed by atoms with Gasteiger partial charge in [0, 0.05) is 19.1 Å². The smallest absolute Gasteiger partial charge is 0.340 e. The number of aromatic carboxylic acids is 1. The molecule has 6 heteroatoms. The molecule has 2 rings (SSSR count). The Hall–Kier alpha value is -1.07. The zero-order valence-electron chi connectivity index (χ0n) is 7.99. The number of aromatic amines is 1. The first-order valence-corrected chi connectivity index (χ1v) is 5.12. The van der Waals surface area contributed by atoms with Crippen LogP contribution in [0.1, 0.15) is 34.8 Å². The average Bonchev–Trinajstić information content (AvgIpc) is 2.61. The van der Waals surface area contributed by atoms with Crippen LogP contribution >= 0.6 is 11.6 Å².